The highest BCUT2D eigenvalue weighted by Crippen LogP contribution is 2.19. The van der Waals surface area contributed by atoms with Crippen molar-refractivity contribution in [2.24, 2.45) is 5.92 Å². The van der Waals surface area contributed by atoms with Crippen LogP contribution in [0.15, 0.2) is 0 Å². The number of carbonyl (C=O) groups is 1. The molecule has 0 bridgehead atoms. The van der Waals surface area contributed by atoms with Crippen molar-refractivity contribution in [2.75, 3.05) is 6.61 Å². The van der Waals surface area contributed by atoms with Gasteiger partial charge in [-0.3, -0.25) is 4.79 Å². The predicted molar refractivity (Wildman–Crippen MR) is 173 cm³/mol. The maximum atomic E-state index is 11.5. The van der Waals surface area contributed by atoms with Crippen LogP contribution in [0.2, 0.25) is 0 Å². The molecule has 0 fully saturated rings. The number of hydrogen-bond acceptors (Lipinski definition) is 3. The van der Waals surface area contributed by atoms with Crippen LogP contribution in [-0.2, 0) is 9.53 Å². The average Bonchev–Trinajstić information content (AvgIpc) is 2.93. The van der Waals surface area contributed by atoms with Gasteiger partial charge in [0.05, 0.1) is 6.10 Å². The molecule has 1 N–H and O–H groups in total. The molecule has 0 aromatic carbocycles. The molecule has 0 aliphatic carbocycles. The van der Waals surface area contributed by atoms with Crippen LogP contribution in [0.5, 0.6) is 0 Å². The summed E-state index contributed by atoms with van der Waals surface area (Å²) in [5, 5.41) is 9.47. The van der Waals surface area contributed by atoms with Crippen LogP contribution < -0.4 is 0 Å². The Morgan fingerprint density at radius 1 is 0.513 bits per heavy atom. The van der Waals surface area contributed by atoms with E-state index in [1.54, 1.807) is 0 Å². The average molecular weight is 555 g/mol. The van der Waals surface area contributed by atoms with E-state index in [0.717, 1.165) is 19.3 Å². The summed E-state index contributed by atoms with van der Waals surface area (Å²) in [7, 11) is 0. The van der Waals surface area contributed by atoms with Crippen molar-refractivity contribution in [2.45, 2.75) is 214 Å². The van der Waals surface area contributed by atoms with E-state index in [2.05, 4.69) is 27.7 Å². The van der Waals surface area contributed by atoms with Crippen LogP contribution in [0.1, 0.15) is 208 Å². The van der Waals surface area contributed by atoms with Gasteiger partial charge < -0.3 is 9.84 Å². The molecule has 0 saturated carbocycles. The number of rotatable bonds is 29. The van der Waals surface area contributed by atoms with Crippen molar-refractivity contribution >= 4 is 5.97 Å². The van der Waals surface area contributed by atoms with E-state index in [-0.39, 0.29) is 12.1 Å². The minimum atomic E-state index is -0.00726. The fourth-order valence-electron chi connectivity index (χ4n) is 5.17. The Hall–Kier alpha value is -0.570. The SMILES string of the molecule is CCCCCCCCCC(=O)OC(C)CCCC.CCCCCCCCCCC(CO)CCCCCCCC. The summed E-state index contributed by atoms with van der Waals surface area (Å²) in [6.45, 7) is 11.3. The monoisotopic (exact) mass is 555 g/mol. The Morgan fingerprint density at radius 3 is 1.26 bits per heavy atom. The lowest BCUT2D eigenvalue weighted by atomic mass is 9.95. The van der Waals surface area contributed by atoms with Crippen molar-refractivity contribution in [1.82, 2.24) is 0 Å². The van der Waals surface area contributed by atoms with Gasteiger partial charge in [-0.1, -0.05) is 169 Å². The van der Waals surface area contributed by atoms with Gasteiger partial charge in [0, 0.05) is 13.0 Å². The third-order valence-electron chi connectivity index (χ3n) is 7.97. The van der Waals surface area contributed by atoms with Crippen LogP contribution in [0.4, 0.5) is 0 Å². The van der Waals surface area contributed by atoms with Crippen LogP contribution in [0.3, 0.4) is 0 Å². The third kappa shape index (κ3) is 35.4. The van der Waals surface area contributed by atoms with Gasteiger partial charge >= 0.3 is 5.97 Å². The predicted octanol–water partition coefficient (Wildman–Crippen LogP) is 12.1. The molecule has 0 aliphatic rings. The van der Waals surface area contributed by atoms with Gasteiger partial charge in [-0.2, -0.15) is 0 Å². The number of aliphatic hydroxyl groups excluding tert-OH is 1. The first-order chi connectivity index (χ1) is 19.0. The topological polar surface area (TPSA) is 46.5 Å². The summed E-state index contributed by atoms with van der Waals surface area (Å²) in [6, 6.07) is 0. The zero-order valence-electron chi connectivity index (χ0n) is 27.7. The van der Waals surface area contributed by atoms with Gasteiger partial charge in [-0.15, -0.1) is 0 Å². The van der Waals surface area contributed by atoms with Crippen LogP contribution >= 0.6 is 0 Å². The molecule has 3 nitrogen and oxygen atoms in total. The summed E-state index contributed by atoms with van der Waals surface area (Å²) in [4.78, 5) is 11.5. The van der Waals surface area contributed by atoms with Gasteiger partial charge in [0.25, 0.3) is 0 Å². The summed E-state index contributed by atoms with van der Waals surface area (Å²) >= 11 is 0. The summed E-state index contributed by atoms with van der Waals surface area (Å²) in [5.41, 5.74) is 0. The van der Waals surface area contributed by atoms with Crippen LogP contribution in [0, 0.1) is 5.92 Å². The lowest BCUT2D eigenvalue weighted by molar-refractivity contribution is -0.148. The Labute approximate surface area is 247 Å². The van der Waals surface area contributed by atoms with Crippen molar-refractivity contribution in [3.05, 3.63) is 0 Å². The molecule has 0 radical (unpaired) electrons. The van der Waals surface area contributed by atoms with Gasteiger partial charge in [-0.25, -0.2) is 0 Å². The number of ether oxygens (including phenoxy) is 1. The molecule has 0 aliphatic heterocycles. The van der Waals surface area contributed by atoms with E-state index in [0.29, 0.717) is 18.9 Å². The van der Waals surface area contributed by atoms with Gasteiger partial charge in [0.2, 0.25) is 0 Å². The highest BCUT2D eigenvalue weighted by Gasteiger charge is 2.09. The zero-order chi connectivity index (χ0) is 29.2. The molecule has 0 aromatic heterocycles. The molecular weight excluding hydrogens is 480 g/mol. The number of carbonyl (C=O) groups excluding carboxylic acids is 1. The lowest BCUT2D eigenvalue weighted by Gasteiger charge is -2.13. The van der Waals surface area contributed by atoms with Gasteiger partial charge in [-0.05, 0) is 38.5 Å². The maximum Gasteiger partial charge on any atom is 0.306 e. The molecule has 0 aromatic rings. The molecule has 0 saturated heterocycles. The molecule has 236 valence electrons. The minimum absolute atomic E-state index is 0.00726. The molecule has 2 unspecified atom stereocenters. The number of aliphatic hydroxyl groups is 1. The Kier molecular flexibility index (Phi) is 36.9. The number of esters is 1. The first-order valence-electron chi connectivity index (χ1n) is 17.9. The first-order valence-corrected chi connectivity index (χ1v) is 17.9. The second-order valence-electron chi connectivity index (χ2n) is 12.2. The molecule has 3 heteroatoms. The maximum absolute atomic E-state index is 11.5. The van der Waals surface area contributed by atoms with E-state index in [4.69, 9.17) is 4.74 Å². The van der Waals surface area contributed by atoms with Crippen molar-refractivity contribution < 1.29 is 14.6 Å². The molecular formula is C36H74O3. The molecule has 0 spiro atoms. The Morgan fingerprint density at radius 2 is 0.872 bits per heavy atom. The highest BCUT2D eigenvalue weighted by molar-refractivity contribution is 5.69. The van der Waals surface area contributed by atoms with E-state index in [1.165, 1.54) is 148 Å². The third-order valence-corrected chi connectivity index (χ3v) is 7.97. The molecule has 0 amide bonds. The quantitative estimate of drug-likeness (QED) is 0.0738. The fraction of sp³-hybridized carbons (Fsp3) is 0.972. The number of hydrogen-bond donors (Lipinski definition) is 1. The zero-order valence-corrected chi connectivity index (χ0v) is 27.7. The van der Waals surface area contributed by atoms with Crippen LogP contribution in [-0.4, -0.2) is 23.8 Å². The normalized spacial score (nSPS) is 12.6. The van der Waals surface area contributed by atoms with E-state index < -0.39 is 0 Å². The van der Waals surface area contributed by atoms with E-state index in [9.17, 15) is 9.90 Å². The Bertz CT molecular complexity index is 451. The second kappa shape index (κ2) is 35.5. The van der Waals surface area contributed by atoms with Crippen molar-refractivity contribution in [3.8, 4) is 0 Å². The van der Waals surface area contributed by atoms with Gasteiger partial charge in [0.15, 0.2) is 0 Å². The van der Waals surface area contributed by atoms with E-state index >= 15 is 0 Å². The Balaban J connectivity index is 0. The smallest absolute Gasteiger partial charge is 0.306 e. The lowest BCUT2D eigenvalue weighted by Crippen LogP contribution is -2.14. The number of unbranched alkanes of at least 4 members (excludes halogenated alkanes) is 19. The minimum Gasteiger partial charge on any atom is -0.463 e. The largest absolute Gasteiger partial charge is 0.463 e. The summed E-state index contributed by atoms with van der Waals surface area (Å²) in [6.07, 6.45) is 34.6. The molecule has 39 heavy (non-hydrogen) atoms. The van der Waals surface area contributed by atoms with Crippen LogP contribution in [0.25, 0.3) is 0 Å². The molecule has 0 rings (SSSR count). The first kappa shape index (κ1) is 40.6. The second-order valence-corrected chi connectivity index (χ2v) is 12.2. The highest BCUT2D eigenvalue weighted by atomic mass is 16.5. The standard InChI is InChI=1S/C20H42O.C16H32O2/c1-3-5-7-9-11-12-14-16-18-20(19-21)17-15-13-10-8-6-4-2;1-4-6-8-9-10-11-12-14-16(17)18-15(3)13-7-5-2/h20-21H,3-19H2,1-2H3;15H,4-14H2,1-3H3. The summed E-state index contributed by atoms with van der Waals surface area (Å²) in [5.74, 6) is 0.573. The van der Waals surface area contributed by atoms with Crippen molar-refractivity contribution in [3.63, 3.8) is 0 Å². The molecule has 0 heterocycles. The van der Waals surface area contributed by atoms with Gasteiger partial charge in [0.1, 0.15) is 0 Å². The fourth-order valence-corrected chi connectivity index (χ4v) is 5.17. The summed E-state index contributed by atoms with van der Waals surface area (Å²) < 4.78 is 5.36. The van der Waals surface area contributed by atoms with Crippen molar-refractivity contribution in [1.29, 1.82) is 0 Å². The van der Waals surface area contributed by atoms with E-state index in [1.807, 2.05) is 6.92 Å². The molecule has 2 atom stereocenters.